The second kappa shape index (κ2) is 6.69. The van der Waals surface area contributed by atoms with E-state index in [9.17, 15) is 8.42 Å². The van der Waals surface area contributed by atoms with Crippen LogP contribution >= 0.6 is 0 Å². The van der Waals surface area contributed by atoms with E-state index in [4.69, 9.17) is 14.4 Å². The summed E-state index contributed by atoms with van der Waals surface area (Å²) >= 11 is 0. The molecule has 0 atom stereocenters. The normalized spacial score (nSPS) is 11.1. The topological polar surface area (TPSA) is 83.8 Å². The predicted molar refractivity (Wildman–Crippen MR) is 67.5 cm³/mol. The molecule has 0 saturated heterocycles. The van der Waals surface area contributed by atoms with Crippen LogP contribution in [0.1, 0.15) is 1.43 Å². The van der Waals surface area contributed by atoms with Crippen molar-refractivity contribution in [2.24, 2.45) is 0 Å². The Balaban J connectivity index is 0.00000180. The molecule has 0 heterocycles. The van der Waals surface area contributed by atoms with Gasteiger partial charge >= 0.3 is 29.6 Å². The zero-order valence-corrected chi connectivity index (χ0v) is 13.2. The van der Waals surface area contributed by atoms with E-state index in [1.54, 1.807) is 24.3 Å². The quantitative estimate of drug-likeness (QED) is 0.533. The summed E-state index contributed by atoms with van der Waals surface area (Å²) in [6, 6.07) is 9.40. The van der Waals surface area contributed by atoms with Crippen LogP contribution in [0.2, 0.25) is 0 Å². The number of hydrogen-bond acceptors (Lipinski definition) is 4. The summed E-state index contributed by atoms with van der Waals surface area (Å²) in [5.41, 5.74) is 0. The first kappa shape index (κ1) is 16.4. The molecule has 0 bridgehead atoms. The Hall–Kier alpha value is -0.630. The Morgan fingerprint density at radius 3 is 2.37 bits per heavy atom. The molecule has 2 rings (SSSR count). The number of hydrogen-bond donors (Lipinski definition) is 2. The van der Waals surface area contributed by atoms with Crippen molar-refractivity contribution in [3.05, 3.63) is 36.4 Å². The van der Waals surface area contributed by atoms with Crippen molar-refractivity contribution in [2.45, 2.75) is 4.90 Å². The van der Waals surface area contributed by atoms with Gasteiger partial charge in [0, 0.05) is 0 Å². The number of benzene rings is 2. The van der Waals surface area contributed by atoms with Crippen LogP contribution in [0, 0.1) is 0 Å². The molecule has 0 aromatic heterocycles. The minimum atomic E-state index is -4.18. The van der Waals surface area contributed by atoms with Crippen LogP contribution in [-0.2, 0) is 10.1 Å². The standard InChI is InChI=1S/C12H12O5S.Na.H/c13-5-6-17-11-3-1-10-8-12(18(14,15)16)4-2-9(10)7-11;;/h1-4,7-8,13H,5-6H2,(H,14,15,16);;/q;+1;-1. The number of fused-ring (bicyclic) bond motifs is 1. The molecule has 0 aliphatic carbocycles. The van der Waals surface area contributed by atoms with E-state index in [1.165, 1.54) is 12.1 Å². The minimum Gasteiger partial charge on any atom is -1.00 e. The van der Waals surface area contributed by atoms with Gasteiger partial charge in [-0.3, -0.25) is 4.55 Å². The maximum absolute atomic E-state index is 11.0. The third-order valence-corrected chi connectivity index (χ3v) is 3.29. The van der Waals surface area contributed by atoms with Crippen molar-refractivity contribution in [3.8, 4) is 5.75 Å². The fourth-order valence-electron chi connectivity index (χ4n) is 1.62. The van der Waals surface area contributed by atoms with E-state index in [0.717, 1.165) is 5.39 Å². The smallest absolute Gasteiger partial charge is 1.00 e. The van der Waals surface area contributed by atoms with Gasteiger partial charge in [0.05, 0.1) is 11.5 Å². The Labute approximate surface area is 134 Å². The number of rotatable bonds is 4. The summed E-state index contributed by atoms with van der Waals surface area (Å²) in [5.74, 6) is 0.594. The van der Waals surface area contributed by atoms with Crippen molar-refractivity contribution < 1.29 is 53.8 Å². The number of aliphatic hydroxyl groups is 1. The van der Waals surface area contributed by atoms with Gasteiger partial charge < -0.3 is 11.3 Å². The van der Waals surface area contributed by atoms with Crippen LogP contribution in [-0.4, -0.2) is 31.3 Å². The van der Waals surface area contributed by atoms with Crippen LogP contribution in [0.3, 0.4) is 0 Å². The molecular formula is C12H13NaO5S. The first-order chi connectivity index (χ1) is 8.50. The molecule has 0 aliphatic rings. The van der Waals surface area contributed by atoms with E-state index >= 15 is 0 Å². The fourth-order valence-corrected chi connectivity index (χ4v) is 2.13. The Morgan fingerprint density at radius 2 is 1.74 bits per heavy atom. The summed E-state index contributed by atoms with van der Waals surface area (Å²) in [6.07, 6.45) is 0. The third-order valence-electron chi connectivity index (χ3n) is 2.44. The van der Waals surface area contributed by atoms with Gasteiger partial charge in [-0.05, 0) is 35.0 Å². The molecule has 5 nitrogen and oxygen atoms in total. The van der Waals surface area contributed by atoms with Crippen molar-refractivity contribution in [3.63, 3.8) is 0 Å². The van der Waals surface area contributed by atoms with Gasteiger partial charge in [-0.2, -0.15) is 8.42 Å². The number of ether oxygens (including phenoxy) is 1. The first-order valence-corrected chi connectivity index (χ1v) is 6.70. The summed E-state index contributed by atoms with van der Waals surface area (Å²) in [5, 5.41) is 10.1. The molecule has 19 heavy (non-hydrogen) atoms. The molecule has 0 fully saturated rings. The molecule has 2 aromatic carbocycles. The van der Waals surface area contributed by atoms with Crippen LogP contribution in [0.25, 0.3) is 10.8 Å². The van der Waals surface area contributed by atoms with E-state index in [2.05, 4.69) is 0 Å². The van der Waals surface area contributed by atoms with Gasteiger partial charge in [0.1, 0.15) is 12.4 Å². The average molecular weight is 292 g/mol. The zero-order valence-electron chi connectivity index (χ0n) is 11.4. The second-order valence-electron chi connectivity index (χ2n) is 3.72. The Bertz CT molecular complexity index is 675. The van der Waals surface area contributed by atoms with Crippen molar-refractivity contribution >= 4 is 20.9 Å². The summed E-state index contributed by atoms with van der Waals surface area (Å²) in [6.45, 7) is 0.133. The largest absolute Gasteiger partial charge is 1.00 e. The van der Waals surface area contributed by atoms with E-state index in [-0.39, 0.29) is 49.1 Å². The minimum absolute atomic E-state index is 0. The molecule has 98 valence electrons. The van der Waals surface area contributed by atoms with E-state index < -0.39 is 10.1 Å². The third kappa shape index (κ3) is 4.17. The van der Waals surface area contributed by atoms with Crippen LogP contribution in [0.5, 0.6) is 5.75 Å². The van der Waals surface area contributed by atoms with Gasteiger partial charge in [0.25, 0.3) is 10.1 Å². The summed E-state index contributed by atoms with van der Waals surface area (Å²) in [4.78, 5) is -0.140. The van der Waals surface area contributed by atoms with Crippen molar-refractivity contribution in [1.82, 2.24) is 0 Å². The Morgan fingerprint density at radius 1 is 1.11 bits per heavy atom. The molecule has 0 spiro atoms. The summed E-state index contributed by atoms with van der Waals surface area (Å²) < 4.78 is 36.2. The van der Waals surface area contributed by atoms with Crippen LogP contribution in [0.4, 0.5) is 0 Å². The molecule has 0 radical (unpaired) electrons. The first-order valence-electron chi connectivity index (χ1n) is 5.26. The van der Waals surface area contributed by atoms with Crippen LogP contribution in [0.15, 0.2) is 41.3 Å². The van der Waals surface area contributed by atoms with E-state index in [0.29, 0.717) is 11.1 Å². The van der Waals surface area contributed by atoms with Gasteiger partial charge in [-0.25, -0.2) is 0 Å². The monoisotopic (exact) mass is 292 g/mol. The number of aliphatic hydroxyl groups excluding tert-OH is 1. The summed E-state index contributed by atoms with van der Waals surface area (Å²) in [7, 11) is -4.18. The molecular weight excluding hydrogens is 279 g/mol. The fraction of sp³-hybridized carbons (Fsp3) is 0.167. The molecule has 2 aromatic rings. The van der Waals surface area contributed by atoms with Gasteiger partial charge in [0.15, 0.2) is 0 Å². The molecule has 2 N–H and O–H groups in total. The predicted octanol–water partition coefficient (Wildman–Crippen LogP) is -1.43. The SMILES string of the molecule is O=S(=O)(O)c1ccc2cc(OCCO)ccc2c1.[H-].[Na+]. The van der Waals surface area contributed by atoms with E-state index in [1.807, 2.05) is 0 Å². The zero-order chi connectivity index (χ0) is 13.2. The molecule has 0 aliphatic heterocycles. The molecule has 7 heteroatoms. The van der Waals surface area contributed by atoms with Gasteiger partial charge in [-0.1, -0.05) is 12.1 Å². The van der Waals surface area contributed by atoms with Gasteiger partial charge in [-0.15, -0.1) is 0 Å². The molecule has 0 unspecified atom stereocenters. The van der Waals surface area contributed by atoms with Crippen LogP contribution < -0.4 is 34.3 Å². The molecule has 0 amide bonds. The maximum atomic E-state index is 11.0. The maximum Gasteiger partial charge on any atom is 1.00 e. The second-order valence-corrected chi connectivity index (χ2v) is 5.14. The Kier molecular flexibility index (Phi) is 5.79. The average Bonchev–Trinajstić information content (AvgIpc) is 2.34. The van der Waals surface area contributed by atoms with Gasteiger partial charge in [0.2, 0.25) is 0 Å². The van der Waals surface area contributed by atoms with Crippen molar-refractivity contribution in [2.75, 3.05) is 13.2 Å². The molecule has 0 saturated carbocycles. The van der Waals surface area contributed by atoms with Crippen molar-refractivity contribution in [1.29, 1.82) is 0 Å².